The molecule has 29 heavy (non-hydrogen) atoms. The Kier molecular flexibility index (Phi) is 11.1. The Morgan fingerprint density at radius 2 is 1.72 bits per heavy atom. The number of nitrogens with one attached hydrogen (secondary N) is 1. The summed E-state index contributed by atoms with van der Waals surface area (Å²) < 4.78 is 6.10. The molecule has 3 rings (SSSR count). The Labute approximate surface area is 194 Å². The molecule has 0 amide bonds. The van der Waals surface area contributed by atoms with Gasteiger partial charge in [0, 0.05) is 39.5 Å². The van der Waals surface area contributed by atoms with Gasteiger partial charge >= 0.3 is 0 Å². The first-order valence-corrected chi connectivity index (χ1v) is 11.1. The topological polar surface area (TPSA) is 40.1 Å². The minimum Gasteiger partial charge on any atom is -0.490 e. The van der Waals surface area contributed by atoms with Crippen LogP contribution in [0.4, 0.5) is 0 Å². The molecule has 0 aromatic heterocycles. The molecule has 0 radical (unpaired) electrons. The van der Waals surface area contributed by atoms with Gasteiger partial charge in [-0.15, -0.1) is 24.0 Å². The van der Waals surface area contributed by atoms with E-state index >= 15 is 0 Å². The third kappa shape index (κ3) is 8.32. The molecule has 5 nitrogen and oxygen atoms in total. The highest BCUT2D eigenvalue weighted by Crippen LogP contribution is 2.19. The number of hydrogen-bond donors (Lipinski definition) is 1. The third-order valence-corrected chi connectivity index (χ3v) is 6.06. The van der Waals surface area contributed by atoms with Crippen molar-refractivity contribution < 1.29 is 4.74 Å². The number of aliphatic imine (C=N–C) groups is 1. The van der Waals surface area contributed by atoms with Gasteiger partial charge in [0.05, 0.1) is 0 Å². The number of hydrogen-bond acceptors (Lipinski definition) is 3. The molecule has 0 aliphatic carbocycles. The van der Waals surface area contributed by atoms with E-state index in [9.17, 15) is 0 Å². The van der Waals surface area contributed by atoms with E-state index in [4.69, 9.17) is 4.74 Å². The first-order chi connectivity index (χ1) is 13.7. The highest BCUT2D eigenvalue weighted by molar-refractivity contribution is 14.0. The fourth-order valence-corrected chi connectivity index (χ4v) is 4.16. The number of halogens is 1. The van der Waals surface area contributed by atoms with Crippen molar-refractivity contribution in [1.82, 2.24) is 15.1 Å². The Morgan fingerprint density at radius 3 is 2.38 bits per heavy atom. The average Bonchev–Trinajstić information content (AvgIpc) is 2.74. The van der Waals surface area contributed by atoms with Crippen molar-refractivity contribution in [3.8, 4) is 5.75 Å². The van der Waals surface area contributed by atoms with Crippen LogP contribution in [0, 0.1) is 5.92 Å². The zero-order chi connectivity index (χ0) is 19.6. The quantitative estimate of drug-likeness (QED) is 0.256. The summed E-state index contributed by atoms with van der Waals surface area (Å²) in [6.45, 7) is 9.22. The first kappa shape index (κ1) is 24.3. The molecule has 2 heterocycles. The lowest BCUT2D eigenvalue weighted by molar-refractivity contribution is 0.129. The predicted molar refractivity (Wildman–Crippen MR) is 133 cm³/mol. The zero-order valence-electron chi connectivity index (χ0n) is 18.2. The Balaban J connectivity index is 0.00000300. The Bertz CT molecular complexity index is 582. The van der Waals surface area contributed by atoms with Gasteiger partial charge in [0.25, 0.3) is 0 Å². The molecule has 0 atom stereocenters. The summed E-state index contributed by atoms with van der Waals surface area (Å²) in [7, 11) is 1.89. The lowest BCUT2D eigenvalue weighted by Crippen LogP contribution is -2.47. The normalized spacial score (nSPS) is 19.7. The zero-order valence-corrected chi connectivity index (χ0v) is 20.5. The van der Waals surface area contributed by atoms with Crippen LogP contribution in [0.15, 0.2) is 35.3 Å². The number of piperidine rings is 2. The van der Waals surface area contributed by atoms with Crippen LogP contribution in [-0.4, -0.2) is 68.2 Å². The number of para-hydroxylation sites is 1. The molecule has 2 aliphatic heterocycles. The van der Waals surface area contributed by atoms with Crippen molar-refractivity contribution >= 4 is 29.9 Å². The van der Waals surface area contributed by atoms with E-state index < -0.39 is 0 Å². The molecule has 2 aliphatic rings. The second-order valence-corrected chi connectivity index (χ2v) is 8.32. The molecule has 164 valence electrons. The van der Waals surface area contributed by atoms with Crippen molar-refractivity contribution in [3.63, 3.8) is 0 Å². The fourth-order valence-electron chi connectivity index (χ4n) is 4.16. The number of ether oxygens (including phenoxy) is 1. The Hall–Kier alpha value is -1.02. The van der Waals surface area contributed by atoms with Gasteiger partial charge in [-0.2, -0.15) is 0 Å². The summed E-state index contributed by atoms with van der Waals surface area (Å²) >= 11 is 0. The summed E-state index contributed by atoms with van der Waals surface area (Å²) in [6.07, 6.45) is 7.61. The molecule has 0 unspecified atom stereocenters. The molecular formula is C23H39IN4O. The van der Waals surface area contributed by atoms with Crippen molar-refractivity contribution in [1.29, 1.82) is 0 Å². The summed E-state index contributed by atoms with van der Waals surface area (Å²) in [5.74, 6) is 2.94. The third-order valence-electron chi connectivity index (χ3n) is 6.06. The van der Waals surface area contributed by atoms with Gasteiger partial charge in [-0.25, -0.2) is 0 Å². The second-order valence-electron chi connectivity index (χ2n) is 8.32. The number of likely N-dealkylation sites (tertiary alicyclic amines) is 2. The number of benzene rings is 1. The first-order valence-electron chi connectivity index (χ1n) is 11.1. The molecule has 1 N–H and O–H groups in total. The van der Waals surface area contributed by atoms with E-state index in [1.807, 2.05) is 37.4 Å². The van der Waals surface area contributed by atoms with Gasteiger partial charge in [-0.3, -0.25) is 4.99 Å². The molecule has 2 fully saturated rings. The van der Waals surface area contributed by atoms with Crippen LogP contribution in [0.3, 0.4) is 0 Å². The van der Waals surface area contributed by atoms with E-state index in [-0.39, 0.29) is 24.0 Å². The van der Waals surface area contributed by atoms with Crippen molar-refractivity contribution in [2.45, 2.75) is 51.6 Å². The minimum absolute atomic E-state index is 0. The van der Waals surface area contributed by atoms with Crippen molar-refractivity contribution in [3.05, 3.63) is 30.3 Å². The minimum atomic E-state index is 0. The van der Waals surface area contributed by atoms with Gasteiger partial charge in [-0.05, 0) is 63.4 Å². The Morgan fingerprint density at radius 1 is 1.03 bits per heavy atom. The van der Waals surface area contributed by atoms with Gasteiger partial charge in [0.2, 0.25) is 0 Å². The van der Waals surface area contributed by atoms with Crippen LogP contribution in [0.2, 0.25) is 0 Å². The summed E-state index contributed by atoms with van der Waals surface area (Å²) in [5.41, 5.74) is 0. The highest BCUT2D eigenvalue weighted by Gasteiger charge is 2.22. The summed E-state index contributed by atoms with van der Waals surface area (Å²) in [4.78, 5) is 9.50. The van der Waals surface area contributed by atoms with Crippen molar-refractivity contribution in [2.24, 2.45) is 10.9 Å². The van der Waals surface area contributed by atoms with Gasteiger partial charge in [0.1, 0.15) is 11.9 Å². The molecule has 1 aromatic carbocycles. The summed E-state index contributed by atoms with van der Waals surface area (Å²) in [6, 6.07) is 10.2. The SMILES string of the molecule is CN=C(NCCCCN1CCC(C)CC1)N1CCC(Oc2ccccc2)CC1.I. The van der Waals surface area contributed by atoms with E-state index in [1.54, 1.807) is 0 Å². The average molecular weight is 514 g/mol. The summed E-state index contributed by atoms with van der Waals surface area (Å²) in [5, 5.41) is 3.57. The lowest BCUT2D eigenvalue weighted by Gasteiger charge is -2.34. The van der Waals surface area contributed by atoms with Crippen molar-refractivity contribution in [2.75, 3.05) is 46.3 Å². The molecule has 0 spiro atoms. The highest BCUT2D eigenvalue weighted by atomic mass is 127. The van der Waals surface area contributed by atoms with E-state index in [2.05, 4.69) is 27.0 Å². The van der Waals surface area contributed by atoms with Crippen LogP contribution in [0.5, 0.6) is 5.75 Å². The number of nitrogens with zero attached hydrogens (tertiary/aromatic N) is 3. The molecular weight excluding hydrogens is 475 g/mol. The van der Waals surface area contributed by atoms with E-state index in [0.29, 0.717) is 6.10 Å². The smallest absolute Gasteiger partial charge is 0.193 e. The van der Waals surface area contributed by atoms with Gasteiger partial charge in [0.15, 0.2) is 5.96 Å². The van der Waals surface area contributed by atoms with Crippen LogP contribution >= 0.6 is 24.0 Å². The molecule has 0 saturated carbocycles. The number of rotatable bonds is 7. The maximum Gasteiger partial charge on any atom is 0.193 e. The van der Waals surface area contributed by atoms with E-state index in [1.165, 1.54) is 45.3 Å². The van der Waals surface area contributed by atoms with Crippen LogP contribution in [-0.2, 0) is 0 Å². The molecule has 6 heteroatoms. The molecule has 1 aromatic rings. The van der Waals surface area contributed by atoms with Crippen LogP contribution in [0.1, 0.15) is 45.4 Å². The van der Waals surface area contributed by atoms with Gasteiger partial charge in [-0.1, -0.05) is 25.1 Å². The monoisotopic (exact) mass is 514 g/mol. The standard InChI is InChI=1S/C23H38N4O.HI/c1-20-10-16-26(17-11-20)15-7-6-14-25-23(24-2)27-18-12-22(13-19-27)28-21-8-4-3-5-9-21;/h3-5,8-9,20,22H,6-7,10-19H2,1-2H3,(H,24,25);1H. The van der Waals surface area contributed by atoms with Crippen LogP contribution in [0.25, 0.3) is 0 Å². The molecule has 2 saturated heterocycles. The number of guanidine groups is 1. The largest absolute Gasteiger partial charge is 0.490 e. The number of unbranched alkanes of at least 4 members (excludes halogenated alkanes) is 1. The maximum atomic E-state index is 6.10. The van der Waals surface area contributed by atoms with E-state index in [0.717, 1.165) is 50.1 Å². The predicted octanol–water partition coefficient (Wildman–Crippen LogP) is 4.24. The maximum absolute atomic E-state index is 6.10. The fraction of sp³-hybridized carbons (Fsp3) is 0.696. The lowest BCUT2D eigenvalue weighted by atomic mass is 9.99. The molecule has 0 bridgehead atoms. The van der Waals surface area contributed by atoms with Gasteiger partial charge < -0.3 is 19.9 Å². The van der Waals surface area contributed by atoms with Crippen LogP contribution < -0.4 is 10.1 Å². The second kappa shape index (κ2) is 13.3.